The Morgan fingerprint density at radius 2 is 2.05 bits per heavy atom. The van der Waals surface area contributed by atoms with Crippen molar-refractivity contribution >= 4 is 11.6 Å². The third kappa shape index (κ3) is 4.90. The summed E-state index contributed by atoms with van der Waals surface area (Å²) in [5.41, 5.74) is -0.0698. The Labute approximate surface area is 109 Å². The SMILES string of the molecule is CCCOCC(=O)Nc1cc(C(F)(F)F)ccc1C. The summed E-state index contributed by atoms with van der Waals surface area (Å²) >= 11 is 0. The number of halogens is 3. The van der Waals surface area contributed by atoms with E-state index in [0.717, 1.165) is 18.6 Å². The highest BCUT2D eigenvalue weighted by Crippen LogP contribution is 2.31. The first-order valence-corrected chi connectivity index (χ1v) is 5.90. The Kier molecular flexibility index (Phi) is 5.35. The molecule has 0 atom stereocenters. The largest absolute Gasteiger partial charge is 0.416 e. The standard InChI is InChI=1S/C13H16F3NO2/c1-3-6-19-8-12(18)17-11-7-10(13(14,15)16)5-4-9(11)2/h4-5,7H,3,6,8H2,1-2H3,(H,17,18). The molecule has 106 valence electrons. The molecule has 1 N–H and O–H groups in total. The van der Waals surface area contributed by atoms with Gasteiger partial charge in [0.1, 0.15) is 6.61 Å². The van der Waals surface area contributed by atoms with Gasteiger partial charge in [0.2, 0.25) is 5.91 Å². The van der Waals surface area contributed by atoms with Crippen LogP contribution in [0.1, 0.15) is 24.5 Å². The number of aryl methyl sites for hydroxylation is 1. The summed E-state index contributed by atoms with van der Waals surface area (Å²) in [5, 5.41) is 2.42. The highest BCUT2D eigenvalue weighted by Gasteiger charge is 2.30. The topological polar surface area (TPSA) is 38.3 Å². The van der Waals surface area contributed by atoms with Crippen molar-refractivity contribution in [2.45, 2.75) is 26.4 Å². The Bertz CT molecular complexity index is 444. The zero-order valence-electron chi connectivity index (χ0n) is 10.8. The lowest BCUT2D eigenvalue weighted by atomic mass is 10.1. The molecule has 19 heavy (non-hydrogen) atoms. The van der Waals surface area contributed by atoms with Gasteiger partial charge in [-0.15, -0.1) is 0 Å². The fraction of sp³-hybridized carbons (Fsp3) is 0.462. The summed E-state index contributed by atoms with van der Waals surface area (Å²) in [6.45, 7) is 3.80. The first kappa shape index (κ1) is 15.5. The number of rotatable bonds is 5. The molecule has 0 saturated carbocycles. The van der Waals surface area contributed by atoms with Crippen LogP contribution in [0.5, 0.6) is 0 Å². The zero-order valence-corrected chi connectivity index (χ0v) is 10.8. The number of carbonyl (C=O) groups is 1. The van der Waals surface area contributed by atoms with Crippen molar-refractivity contribution in [3.8, 4) is 0 Å². The molecule has 0 aliphatic heterocycles. The maximum Gasteiger partial charge on any atom is 0.416 e. The van der Waals surface area contributed by atoms with Crippen LogP contribution in [0, 0.1) is 6.92 Å². The Balaban J connectivity index is 2.74. The van der Waals surface area contributed by atoms with Gasteiger partial charge in [0, 0.05) is 12.3 Å². The van der Waals surface area contributed by atoms with Crippen LogP contribution >= 0.6 is 0 Å². The van der Waals surface area contributed by atoms with Gasteiger partial charge < -0.3 is 10.1 Å². The summed E-state index contributed by atoms with van der Waals surface area (Å²) in [6, 6.07) is 3.23. The van der Waals surface area contributed by atoms with Crippen molar-refractivity contribution < 1.29 is 22.7 Å². The highest BCUT2D eigenvalue weighted by molar-refractivity contribution is 5.92. The lowest BCUT2D eigenvalue weighted by Crippen LogP contribution is -2.19. The second-order valence-corrected chi connectivity index (χ2v) is 4.13. The maximum atomic E-state index is 12.5. The van der Waals surface area contributed by atoms with Crippen LogP contribution in [0.15, 0.2) is 18.2 Å². The molecule has 0 aliphatic carbocycles. The van der Waals surface area contributed by atoms with Crippen LogP contribution in [0.2, 0.25) is 0 Å². The number of alkyl halides is 3. The second-order valence-electron chi connectivity index (χ2n) is 4.13. The minimum Gasteiger partial charge on any atom is -0.372 e. The van der Waals surface area contributed by atoms with Gasteiger partial charge in [-0.3, -0.25) is 4.79 Å². The average Bonchev–Trinajstić information content (AvgIpc) is 2.31. The number of benzene rings is 1. The first-order chi connectivity index (χ1) is 8.84. The van der Waals surface area contributed by atoms with Crippen molar-refractivity contribution in [2.24, 2.45) is 0 Å². The molecule has 1 aromatic carbocycles. The van der Waals surface area contributed by atoms with Gasteiger partial charge in [-0.25, -0.2) is 0 Å². The van der Waals surface area contributed by atoms with Gasteiger partial charge in [-0.2, -0.15) is 13.2 Å². The molecular formula is C13H16F3NO2. The molecule has 0 heterocycles. The lowest BCUT2D eigenvalue weighted by Gasteiger charge is -2.12. The third-order valence-electron chi connectivity index (χ3n) is 2.42. The number of hydrogen-bond donors (Lipinski definition) is 1. The van der Waals surface area contributed by atoms with Crippen molar-refractivity contribution in [3.05, 3.63) is 29.3 Å². The molecular weight excluding hydrogens is 259 g/mol. The molecule has 0 fully saturated rings. The van der Waals surface area contributed by atoms with Crippen LogP contribution in [0.4, 0.5) is 18.9 Å². The van der Waals surface area contributed by atoms with Crippen LogP contribution in [-0.4, -0.2) is 19.1 Å². The summed E-state index contributed by atoms with van der Waals surface area (Å²) in [6.07, 6.45) is -3.65. The molecule has 6 heteroatoms. The molecule has 1 aromatic rings. The van der Waals surface area contributed by atoms with Crippen LogP contribution in [-0.2, 0) is 15.7 Å². The van der Waals surface area contributed by atoms with E-state index in [2.05, 4.69) is 5.32 Å². The fourth-order valence-electron chi connectivity index (χ4n) is 1.43. The van der Waals surface area contributed by atoms with E-state index in [9.17, 15) is 18.0 Å². The molecule has 0 unspecified atom stereocenters. The molecule has 0 aromatic heterocycles. The normalized spacial score (nSPS) is 11.4. The number of carbonyl (C=O) groups excluding carboxylic acids is 1. The molecule has 0 radical (unpaired) electrons. The molecule has 3 nitrogen and oxygen atoms in total. The van der Waals surface area contributed by atoms with Crippen LogP contribution in [0.3, 0.4) is 0 Å². The minimum atomic E-state index is -4.42. The number of hydrogen-bond acceptors (Lipinski definition) is 2. The van der Waals surface area contributed by atoms with Gasteiger partial charge in [0.05, 0.1) is 5.56 Å². The molecule has 0 bridgehead atoms. The zero-order chi connectivity index (χ0) is 14.5. The number of anilines is 1. The second kappa shape index (κ2) is 6.56. The van der Waals surface area contributed by atoms with Gasteiger partial charge in [0.25, 0.3) is 0 Å². The van der Waals surface area contributed by atoms with E-state index in [4.69, 9.17) is 4.74 Å². The first-order valence-electron chi connectivity index (χ1n) is 5.90. The Hall–Kier alpha value is -1.56. The molecule has 0 aliphatic rings. The van der Waals surface area contributed by atoms with E-state index in [-0.39, 0.29) is 12.3 Å². The quantitative estimate of drug-likeness (QED) is 0.837. The summed E-state index contributed by atoms with van der Waals surface area (Å²) in [7, 11) is 0. The van der Waals surface area contributed by atoms with Gasteiger partial charge in [-0.05, 0) is 31.0 Å². The number of ether oxygens (including phenoxy) is 1. The highest BCUT2D eigenvalue weighted by atomic mass is 19.4. The van der Waals surface area contributed by atoms with Crippen LogP contribution < -0.4 is 5.32 Å². The lowest BCUT2D eigenvalue weighted by molar-refractivity contribution is -0.137. The molecule has 1 rings (SSSR count). The third-order valence-corrected chi connectivity index (χ3v) is 2.42. The van der Waals surface area contributed by atoms with Crippen LogP contribution in [0.25, 0.3) is 0 Å². The van der Waals surface area contributed by atoms with Crippen molar-refractivity contribution in [3.63, 3.8) is 0 Å². The van der Waals surface area contributed by atoms with Gasteiger partial charge in [-0.1, -0.05) is 13.0 Å². The Morgan fingerprint density at radius 3 is 2.63 bits per heavy atom. The predicted octanol–water partition coefficient (Wildman–Crippen LogP) is 3.38. The van der Waals surface area contributed by atoms with E-state index in [1.54, 1.807) is 6.92 Å². The monoisotopic (exact) mass is 275 g/mol. The van der Waals surface area contributed by atoms with E-state index in [1.165, 1.54) is 6.07 Å². The van der Waals surface area contributed by atoms with E-state index >= 15 is 0 Å². The Morgan fingerprint density at radius 1 is 1.37 bits per heavy atom. The number of amides is 1. The maximum absolute atomic E-state index is 12.5. The van der Waals surface area contributed by atoms with E-state index in [1.807, 2.05) is 6.92 Å². The van der Waals surface area contributed by atoms with Crippen molar-refractivity contribution in [2.75, 3.05) is 18.5 Å². The summed E-state index contributed by atoms with van der Waals surface area (Å²) in [5.74, 6) is -0.462. The fourth-order valence-corrected chi connectivity index (χ4v) is 1.43. The number of nitrogens with one attached hydrogen (secondary N) is 1. The summed E-state index contributed by atoms with van der Waals surface area (Å²) < 4.78 is 42.7. The van der Waals surface area contributed by atoms with Gasteiger partial charge >= 0.3 is 6.18 Å². The minimum absolute atomic E-state index is 0.153. The van der Waals surface area contributed by atoms with Crippen molar-refractivity contribution in [1.29, 1.82) is 0 Å². The smallest absolute Gasteiger partial charge is 0.372 e. The molecule has 0 saturated heterocycles. The summed E-state index contributed by atoms with van der Waals surface area (Å²) in [4.78, 5) is 11.5. The van der Waals surface area contributed by atoms with Gasteiger partial charge in [0.15, 0.2) is 0 Å². The van der Waals surface area contributed by atoms with E-state index < -0.39 is 17.6 Å². The molecule has 0 spiro atoms. The molecule has 1 amide bonds. The predicted molar refractivity (Wildman–Crippen MR) is 65.9 cm³/mol. The van der Waals surface area contributed by atoms with Crippen molar-refractivity contribution in [1.82, 2.24) is 0 Å². The van der Waals surface area contributed by atoms with E-state index in [0.29, 0.717) is 12.2 Å². The average molecular weight is 275 g/mol.